The van der Waals surface area contributed by atoms with Gasteiger partial charge in [-0.15, -0.1) is 0 Å². The Morgan fingerprint density at radius 3 is 2.40 bits per heavy atom. The second kappa shape index (κ2) is 5.74. The van der Waals surface area contributed by atoms with Crippen LogP contribution in [-0.2, 0) is 0 Å². The Hall–Kier alpha value is -1.07. The van der Waals surface area contributed by atoms with Crippen LogP contribution in [0.3, 0.4) is 0 Å². The van der Waals surface area contributed by atoms with Crippen molar-refractivity contribution in [1.82, 2.24) is 14.7 Å². The molecule has 1 aromatic rings. The standard InChI is InChI=1S/C15H27N3O2/c1-11(2)18-13(12(20-5)10-16-18)14(19)15(3,4)17-8-6-7-9-17/h10-11,14,19H,6-9H2,1-5H3. The number of hydrogen-bond donors (Lipinski definition) is 1. The molecule has 5 nitrogen and oxygen atoms in total. The lowest BCUT2D eigenvalue weighted by molar-refractivity contribution is -0.00569. The highest BCUT2D eigenvalue weighted by Gasteiger charge is 2.40. The van der Waals surface area contributed by atoms with Gasteiger partial charge >= 0.3 is 0 Å². The van der Waals surface area contributed by atoms with Gasteiger partial charge in [0.15, 0.2) is 5.75 Å². The van der Waals surface area contributed by atoms with Gasteiger partial charge in [-0.25, -0.2) is 0 Å². The molecule has 1 aromatic heterocycles. The highest BCUT2D eigenvalue weighted by molar-refractivity contribution is 5.30. The number of rotatable bonds is 5. The lowest BCUT2D eigenvalue weighted by Gasteiger charge is -2.39. The summed E-state index contributed by atoms with van der Waals surface area (Å²) in [4.78, 5) is 2.36. The highest BCUT2D eigenvalue weighted by Crippen LogP contribution is 2.38. The molecule has 1 saturated heterocycles. The maximum absolute atomic E-state index is 11.0. The Morgan fingerprint density at radius 2 is 1.90 bits per heavy atom. The first kappa shape index (κ1) is 15.3. The van der Waals surface area contributed by atoms with Crippen molar-refractivity contribution >= 4 is 0 Å². The lowest BCUT2D eigenvalue weighted by atomic mass is 9.92. The quantitative estimate of drug-likeness (QED) is 0.900. The molecule has 5 heteroatoms. The van der Waals surface area contributed by atoms with Crippen molar-refractivity contribution in [3.63, 3.8) is 0 Å². The summed E-state index contributed by atoms with van der Waals surface area (Å²) in [7, 11) is 1.63. The van der Waals surface area contributed by atoms with Crippen molar-refractivity contribution in [2.45, 2.75) is 58.2 Å². The summed E-state index contributed by atoms with van der Waals surface area (Å²) in [6, 6.07) is 0.193. The summed E-state index contributed by atoms with van der Waals surface area (Å²) in [5.74, 6) is 0.665. The van der Waals surface area contributed by atoms with Crippen LogP contribution in [0.5, 0.6) is 5.75 Å². The molecule has 1 unspecified atom stereocenters. The first-order valence-electron chi connectivity index (χ1n) is 7.44. The van der Waals surface area contributed by atoms with E-state index in [9.17, 15) is 5.11 Å². The van der Waals surface area contributed by atoms with Crippen LogP contribution >= 0.6 is 0 Å². The molecule has 0 saturated carbocycles. The van der Waals surface area contributed by atoms with Gasteiger partial charge in [-0.3, -0.25) is 9.58 Å². The Morgan fingerprint density at radius 1 is 1.30 bits per heavy atom. The Balaban J connectivity index is 2.36. The van der Waals surface area contributed by atoms with Gasteiger partial charge in [0.25, 0.3) is 0 Å². The van der Waals surface area contributed by atoms with Gasteiger partial charge in [-0.2, -0.15) is 5.10 Å². The minimum atomic E-state index is -0.625. The van der Waals surface area contributed by atoms with E-state index in [0.29, 0.717) is 5.75 Å². The zero-order valence-corrected chi connectivity index (χ0v) is 13.3. The number of hydrogen-bond acceptors (Lipinski definition) is 4. The highest BCUT2D eigenvalue weighted by atomic mass is 16.5. The number of aliphatic hydroxyl groups excluding tert-OH is 1. The van der Waals surface area contributed by atoms with E-state index < -0.39 is 6.10 Å². The molecule has 1 aliphatic heterocycles. The molecule has 1 aliphatic rings. The van der Waals surface area contributed by atoms with Crippen LogP contribution in [0.25, 0.3) is 0 Å². The number of ether oxygens (including phenoxy) is 1. The second-order valence-electron chi connectivity index (χ2n) is 6.39. The van der Waals surface area contributed by atoms with Crippen LogP contribution in [0.15, 0.2) is 6.20 Å². The Kier molecular flexibility index (Phi) is 4.39. The lowest BCUT2D eigenvalue weighted by Crippen LogP contribution is -2.47. The summed E-state index contributed by atoms with van der Waals surface area (Å²) >= 11 is 0. The summed E-state index contributed by atoms with van der Waals surface area (Å²) in [5.41, 5.74) is 0.454. The van der Waals surface area contributed by atoms with Gasteiger partial charge in [0.2, 0.25) is 0 Å². The normalized spacial score (nSPS) is 18.8. The zero-order chi connectivity index (χ0) is 14.9. The van der Waals surface area contributed by atoms with Gasteiger partial charge in [-0.05, 0) is 53.6 Å². The monoisotopic (exact) mass is 281 g/mol. The predicted molar refractivity (Wildman–Crippen MR) is 79.0 cm³/mol. The summed E-state index contributed by atoms with van der Waals surface area (Å²) in [5, 5.41) is 15.3. The van der Waals surface area contributed by atoms with Crippen molar-refractivity contribution < 1.29 is 9.84 Å². The molecule has 0 bridgehead atoms. The Bertz CT molecular complexity index is 448. The van der Waals surface area contributed by atoms with Crippen molar-refractivity contribution in [3.8, 4) is 5.75 Å². The molecule has 114 valence electrons. The minimum Gasteiger partial charge on any atom is -0.493 e. The van der Waals surface area contributed by atoms with Crippen LogP contribution in [-0.4, -0.2) is 45.5 Å². The number of methoxy groups -OCH3 is 1. The van der Waals surface area contributed by atoms with E-state index in [-0.39, 0.29) is 11.6 Å². The fraction of sp³-hybridized carbons (Fsp3) is 0.800. The smallest absolute Gasteiger partial charge is 0.162 e. The van der Waals surface area contributed by atoms with Crippen LogP contribution in [0.1, 0.15) is 58.4 Å². The third kappa shape index (κ3) is 2.56. The molecule has 1 atom stereocenters. The molecule has 2 rings (SSSR count). The summed E-state index contributed by atoms with van der Waals surface area (Å²) in [6.07, 6.45) is 3.48. The van der Waals surface area contributed by atoms with Crippen LogP contribution in [0.4, 0.5) is 0 Å². The molecular weight excluding hydrogens is 254 g/mol. The van der Waals surface area contributed by atoms with Gasteiger partial charge in [-0.1, -0.05) is 0 Å². The third-order valence-corrected chi connectivity index (χ3v) is 4.36. The minimum absolute atomic E-state index is 0.193. The first-order chi connectivity index (χ1) is 9.39. The van der Waals surface area contributed by atoms with E-state index in [4.69, 9.17) is 4.74 Å². The Labute approximate surface area is 121 Å². The third-order valence-electron chi connectivity index (χ3n) is 4.36. The van der Waals surface area contributed by atoms with Gasteiger partial charge in [0, 0.05) is 11.6 Å². The van der Waals surface area contributed by atoms with Crippen LogP contribution in [0, 0.1) is 0 Å². The van der Waals surface area contributed by atoms with Crippen molar-refractivity contribution in [1.29, 1.82) is 0 Å². The van der Waals surface area contributed by atoms with E-state index in [1.54, 1.807) is 13.3 Å². The van der Waals surface area contributed by atoms with Crippen LogP contribution < -0.4 is 4.74 Å². The van der Waals surface area contributed by atoms with Crippen LogP contribution in [0.2, 0.25) is 0 Å². The van der Waals surface area contributed by atoms with Crippen molar-refractivity contribution in [3.05, 3.63) is 11.9 Å². The average Bonchev–Trinajstić information content (AvgIpc) is 3.06. The van der Waals surface area contributed by atoms with Gasteiger partial charge in [0.1, 0.15) is 11.8 Å². The average molecular weight is 281 g/mol. The second-order valence-corrected chi connectivity index (χ2v) is 6.39. The maximum atomic E-state index is 11.0. The number of aromatic nitrogens is 2. The van der Waals surface area contributed by atoms with Gasteiger partial charge in [0.05, 0.1) is 13.3 Å². The molecule has 0 spiro atoms. The van der Waals surface area contributed by atoms with E-state index >= 15 is 0 Å². The number of nitrogens with zero attached hydrogens (tertiary/aromatic N) is 3. The SMILES string of the molecule is COc1cnn(C(C)C)c1C(O)C(C)(C)N1CCCC1. The fourth-order valence-electron chi connectivity index (χ4n) is 2.99. The summed E-state index contributed by atoms with van der Waals surface area (Å²) < 4.78 is 7.26. The molecule has 0 amide bonds. The fourth-order valence-corrected chi connectivity index (χ4v) is 2.99. The summed E-state index contributed by atoms with van der Waals surface area (Å²) in [6.45, 7) is 10.4. The largest absolute Gasteiger partial charge is 0.493 e. The molecule has 0 aromatic carbocycles. The predicted octanol–water partition coefficient (Wildman–Crippen LogP) is 2.38. The molecule has 0 aliphatic carbocycles. The van der Waals surface area contributed by atoms with E-state index in [1.807, 2.05) is 4.68 Å². The molecular formula is C15H27N3O2. The van der Waals surface area contributed by atoms with Gasteiger partial charge < -0.3 is 9.84 Å². The molecule has 1 fully saturated rings. The number of aliphatic hydroxyl groups is 1. The topological polar surface area (TPSA) is 50.5 Å². The molecule has 20 heavy (non-hydrogen) atoms. The molecule has 0 radical (unpaired) electrons. The molecule has 1 N–H and O–H groups in total. The van der Waals surface area contributed by atoms with E-state index in [0.717, 1.165) is 18.8 Å². The van der Waals surface area contributed by atoms with E-state index in [1.165, 1.54) is 12.8 Å². The van der Waals surface area contributed by atoms with E-state index in [2.05, 4.69) is 37.7 Å². The van der Waals surface area contributed by atoms with Crippen molar-refractivity contribution in [2.24, 2.45) is 0 Å². The van der Waals surface area contributed by atoms with Crippen molar-refractivity contribution in [2.75, 3.05) is 20.2 Å². The zero-order valence-electron chi connectivity index (χ0n) is 13.3. The maximum Gasteiger partial charge on any atom is 0.162 e. The first-order valence-corrected chi connectivity index (χ1v) is 7.44. The number of likely N-dealkylation sites (tertiary alicyclic amines) is 1. The molecule has 2 heterocycles.